The second kappa shape index (κ2) is 11.8. The lowest BCUT2D eigenvalue weighted by molar-refractivity contribution is 1.00. The fraction of sp³-hybridized carbons (Fsp3) is 0.0377. The lowest BCUT2D eigenvalue weighted by Gasteiger charge is -2.18. The maximum atomic E-state index is 5.06. The van der Waals surface area contributed by atoms with E-state index in [9.17, 15) is 0 Å². The molecule has 1 aliphatic carbocycles. The molecule has 4 heteroatoms. The first-order valence-corrected chi connectivity index (χ1v) is 20.6. The Hall–Kier alpha value is -7.01. The molecule has 1 aliphatic rings. The van der Waals surface area contributed by atoms with Crippen molar-refractivity contribution < 1.29 is 0 Å². The van der Waals surface area contributed by atoms with E-state index < -0.39 is 0 Å². The zero-order valence-electron chi connectivity index (χ0n) is 30.9. The van der Waals surface area contributed by atoms with Crippen molar-refractivity contribution in [1.82, 2.24) is 14.1 Å². The average Bonchev–Trinajstić information content (AvgIpc) is 3.93. The van der Waals surface area contributed by atoms with Crippen molar-refractivity contribution in [2.24, 2.45) is 0 Å². The van der Waals surface area contributed by atoms with Crippen LogP contribution in [0.1, 0.15) is 17.5 Å². The molecule has 266 valence electrons. The number of fused-ring (bicyclic) bond motifs is 15. The molecule has 0 spiro atoms. The van der Waals surface area contributed by atoms with Gasteiger partial charge in [-0.25, -0.2) is 0 Å². The zero-order chi connectivity index (χ0) is 37.2. The van der Waals surface area contributed by atoms with Crippen LogP contribution < -0.4 is 0 Å². The minimum Gasteiger partial charge on any atom is -0.309 e. The maximum absolute atomic E-state index is 5.06. The number of rotatable bonds is 3. The first kappa shape index (κ1) is 31.2. The Kier molecular flexibility index (Phi) is 6.44. The molecule has 0 unspecified atom stereocenters. The molecule has 4 heterocycles. The van der Waals surface area contributed by atoms with Crippen LogP contribution in [0.3, 0.4) is 0 Å². The van der Waals surface area contributed by atoms with E-state index in [1.165, 1.54) is 108 Å². The molecule has 4 aromatic heterocycles. The van der Waals surface area contributed by atoms with E-state index in [0.717, 1.165) is 24.2 Å². The molecule has 0 aliphatic heterocycles. The molecule has 0 N–H and O–H groups in total. The van der Waals surface area contributed by atoms with Gasteiger partial charge in [-0.05, 0) is 112 Å². The summed E-state index contributed by atoms with van der Waals surface area (Å²) in [5.41, 5.74) is 12.2. The molecule has 57 heavy (non-hydrogen) atoms. The third-order valence-corrected chi connectivity index (χ3v) is 13.6. The topological polar surface area (TPSA) is 22.8 Å². The molecule has 0 amide bonds. The monoisotopic (exact) mass is 743 g/mol. The van der Waals surface area contributed by atoms with Gasteiger partial charge < -0.3 is 9.13 Å². The predicted molar refractivity (Wildman–Crippen MR) is 244 cm³/mol. The number of hydrogen-bond acceptors (Lipinski definition) is 2. The standard InChI is InChI=1S/C53H33N3S/c1-2-13-37-35(11-1)36-12-3-4-14-38(36)44-29-32(21-24-39(37)44)52-53-43(27-28-54-52)46-31-34(23-26-51(46)57-53)56-49-20-10-7-17-42(49)45-30-33(22-25-50(45)56)55-47-18-8-5-15-40(47)41-16-6-9-19-48(41)55/h1-3,5-13,15-31H,4,14H2. The molecule has 0 saturated carbocycles. The molecule has 3 nitrogen and oxygen atoms in total. The number of thiophene rings is 1. The quantitative estimate of drug-likeness (QED) is 0.165. The van der Waals surface area contributed by atoms with Crippen molar-refractivity contribution in [1.29, 1.82) is 0 Å². The van der Waals surface area contributed by atoms with Gasteiger partial charge in [0.05, 0.1) is 32.5 Å². The zero-order valence-corrected chi connectivity index (χ0v) is 31.7. The first-order valence-electron chi connectivity index (χ1n) is 19.8. The first-order chi connectivity index (χ1) is 28.3. The SMILES string of the molecule is C1=Cc2c(c3cc(-c4nccc5c4sc4ccc(-n6c7ccccc7c7cc(-n8c9ccccc9c9ccccc98)ccc76)cc45)ccc3c3ccccc23)CC1. The molecule has 13 rings (SSSR count). The van der Waals surface area contributed by atoms with Crippen molar-refractivity contribution >= 4 is 103 Å². The Bertz CT molecular complexity index is 3650. The van der Waals surface area contributed by atoms with Crippen molar-refractivity contribution in [3.8, 4) is 22.6 Å². The third-order valence-electron chi connectivity index (χ3n) is 12.4. The van der Waals surface area contributed by atoms with E-state index in [-0.39, 0.29) is 0 Å². The number of pyridine rings is 1. The molecule has 8 aromatic carbocycles. The molecule has 0 atom stereocenters. The average molecular weight is 744 g/mol. The molecule has 12 aromatic rings. The molecule has 0 radical (unpaired) electrons. The lowest BCUT2D eigenvalue weighted by Crippen LogP contribution is -1.98. The minimum absolute atomic E-state index is 1.06. The van der Waals surface area contributed by atoms with E-state index >= 15 is 0 Å². The highest BCUT2D eigenvalue weighted by Gasteiger charge is 2.20. The van der Waals surface area contributed by atoms with Crippen LogP contribution in [0, 0.1) is 0 Å². The van der Waals surface area contributed by atoms with Crippen LogP contribution in [-0.2, 0) is 6.42 Å². The number of benzene rings is 8. The second-order valence-corrected chi connectivity index (χ2v) is 16.4. The Morgan fingerprint density at radius 3 is 1.79 bits per heavy atom. The summed E-state index contributed by atoms with van der Waals surface area (Å²) in [5.74, 6) is 0. The summed E-state index contributed by atoms with van der Waals surface area (Å²) >= 11 is 1.85. The van der Waals surface area contributed by atoms with Crippen LogP contribution in [0.25, 0.3) is 114 Å². The fourth-order valence-corrected chi connectivity index (χ4v) is 11.1. The number of para-hydroxylation sites is 3. The fourth-order valence-electron chi connectivity index (χ4n) is 9.94. The summed E-state index contributed by atoms with van der Waals surface area (Å²) in [4.78, 5) is 5.06. The van der Waals surface area contributed by atoms with Gasteiger partial charge in [-0.1, -0.05) is 103 Å². The van der Waals surface area contributed by atoms with Crippen LogP contribution in [0.4, 0.5) is 0 Å². The van der Waals surface area contributed by atoms with Gasteiger partial charge in [0.2, 0.25) is 0 Å². The molecule has 0 bridgehead atoms. The highest BCUT2D eigenvalue weighted by molar-refractivity contribution is 7.26. The molecular formula is C53H33N3S. The Labute approximate surface area is 332 Å². The summed E-state index contributed by atoms with van der Waals surface area (Å²) < 4.78 is 7.36. The third kappa shape index (κ3) is 4.39. The number of allylic oxidation sites excluding steroid dienone is 1. The summed E-state index contributed by atoms with van der Waals surface area (Å²) in [6, 6.07) is 58.3. The smallest absolute Gasteiger partial charge is 0.0880 e. The summed E-state index contributed by atoms with van der Waals surface area (Å²) in [5, 5.41) is 12.9. The summed E-state index contributed by atoms with van der Waals surface area (Å²) in [7, 11) is 0. The lowest BCUT2D eigenvalue weighted by atomic mass is 9.86. The van der Waals surface area contributed by atoms with Crippen molar-refractivity contribution in [2.75, 3.05) is 0 Å². The van der Waals surface area contributed by atoms with E-state index in [2.05, 4.69) is 179 Å². The minimum atomic E-state index is 1.06. The number of aromatic nitrogens is 3. The van der Waals surface area contributed by atoms with Gasteiger partial charge in [-0.2, -0.15) is 0 Å². The normalized spacial score (nSPS) is 13.1. The predicted octanol–water partition coefficient (Wildman–Crippen LogP) is 14.6. The van der Waals surface area contributed by atoms with E-state index in [1.54, 1.807) is 0 Å². The Morgan fingerprint density at radius 1 is 0.456 bits per heavy atom. The van der Waals surface area contributed by atoms with Crippen molar-refractivity contribution in [3.63, 3.8) is 0 Å². The maximum Gasteiger partial charge on any atom is 0.0880 e. The molecular weight excluding hydrogens is 711 g/mol. The largest absolute Gasteiger partial charge is 0.309 e. The Balaban J connectivity index is 0.986. The van der Waals surface area contributed by atoms with Crippen molar-refractivity contribution in [3.05, 3.63) is 181 Å². The van der Waals surface area contributed by atoms with Gasteiger partial charge in [0.1, 0.15) is 0 Å². The Morgan fingerprint density at radius 2 is 1.05 bits per heavy atom. The molecule has 0 fully saturated rings. The highest BCUT2D eigenvalue weighted by Crippen LogP contribution is 2.44. The van der Waals surface area contributed by atoms with E-state index in [1.807, 2.05) is 17.5 Å². The van der Waals surface area contributed by atoms with Gasteiger partial charge in [0.25, 0.3) is 0 Å². The van der Waals surface area contributed by atoms with Gasteiger partial charge in [0.15, 0.2) is 0 Å². The van der Waals surface area contributed by atoms with Crippen LogP contribution in [0.5, 0.6) is 0 Å². The van der Waals surface area contributed by atoms with Crippen LogP contribution >= 0.6 is 11.3 Å². The summed E-state index contributed by atoms with van der Waals surface area (Å²) in [6.45, 7) is 0. The van der Waals surface area contributed by atoms with Crippen LogP contribution in [-0.4, -0.2) is 14.1 Å². The van der Waals surface area contributed by atoms with Gasteiger partial charge in [0, 0.05) is 60.2 Å². The van der Waals surface area contributed by atoms with Crippen molar-refractivity contribution in [2.45, 2.75) is 12.8 Å². The number of hydrogen-bond donors (Lipinski definition) is 0. The van der Waals surface area contributed by atoms with Crippen LogP contribution in [0.15, 0.2) is 170 Å². The number of nitrogens with zero attached hydrogens (tertiary/aromatic N) is 3. The second-order valence-electron chi connectivity index (χ2n) is 15.4. The molecule has 0 saturated heterocycles. The van der Waals surface area contributed by atoms with E-state index in [0.29, 0.717) is 0 Å². The summed E-state index contributed by atoms with van der Waals surface area (Å²) in [6.07, 6.45) is 8.78. The number of aryl methyl sites for hydroxylation is 1. The highest BCUT2D eigenvalue weighted by atomic mass is 32.1. The van der Waals surface area contributed by atoms with Gasteiger partial charge in [-0.15, -0.1) is 11.3 Å². The van der Waals surface area contributed by atoms with Gasteiger partial charge in [-0.3, -0.25) is 4.98 Å². The van der Waals surface area contributed by atoms with E-state index in [4.69, 9.17) is 4.98 Å². The van der Waals surface area contributed by atoms with Crippen LogP contribution in [0.2, 0.25) is 0 Å². The van der Waals surface area contributed by atoms with Gasteiger partial charge >= 0.3 is 0 Å².